The van der Waals surface area contributed by atoms with Gasteiger partial charge in [-0.15, -0.1) is 0 Å². The van der Waals surface area contributed by atoms with E-state index >= 15 is 4.39 Å². The fourth-order valence-corrected chi connectivity index (χ4v) is 8.93. The zero-order valence-electron chi connectivity index (χ0n) is 28.8. The van der Waals surface area contributed by atoms with Crippen molar-refractivity contribution in [1.29, 1.82) is 0 Å². The number of hydrogen-bond donors (Lipinski definition) is 2. The molecular weight excluding hydrogens is 644 g/mol. The first-order chi connectivity index (χ1) is 24.1. The SMILES string of the molecule is CCc1c(F)ccc2cc3[nH]ncc3c(-c3nn(C)c4c5c(N6CCOC[C@@](C)(O)C6)nc(OC[C@@]67CCCN6C[C@H](F)C7)nc5n(C)c34)c12. The molecular formula is C36H41F2N9O3. The van der Waals surface area contributed by atoms with Crippen LogP contribution in [0.2, 0.25) is 0 Å². The molecule has 3 saturated heterocycles. The lowest BCUT2D eigenvalue weighted by Crippen LogP contribution is -2.44. The minimum Gasteiger partial charge on any atom is -0.461 e. The molecule has 0 unspecified atom stereocenters. The average Bonchev–Trinajstić information content (AvgIpc) is 3.87. The first kappa shape index (κ1) is 31.6. The molecule has 12 nitrogen and oxygen atoms in total. The Kier molecular flexibility index (Phi) is 7.14. The van der Waals surface area contributed by atoms with E-state index in [9.17, 15) is 9.50 Å². The van der Waals surface area contributed by atoms with Gasteiger partial charge in [0, 0.05) is 44.6 Å². The van der Waals surface area contributed by atoms with E-state index in [-0.39, 0.29) is 37.1 Å². The third-order valence-corrected chi connectivity index (χ3v) is 11.1. The average molecular weight is 686 g/mol. The third-order valence-electron chi connectivity index (χ3n) is 11.1. The molecule has 0 bridgehead atoms. The summed E-state index contributed by atoms with van der Waals surface area (Å²) >= 11 is 0. The van der Waals surface area contributed by atoms with E-state index in [4.69, 9.17) is 24.5 Å². The van der Waals surface area contributed by atoms with Crippen LogP contribution in [0.4, 0.5) is 14.6 Å². The van der Waals surface area contributed by atoms with Crippen LogP contribution in [0.1, 0.15) is 38.7 Å². The minimum atomic E-state index is -1.12. The number of alkyl halides is 1. The molecule has 262 valence electrons. The first-order valence-electron chi connectivity index (χ1n) is 17.4. The lowest BCUT2D eigenvalue weighted by molar-refractivity contribution is -0.0123. The number of aromatic amines is 1. The summed E-state index contributed by atoms with van der Waals surface area (Å²) in [5.74, 6) is 0.332. The number of anilines is 1. The predicted molar refractivity (Wildman–Crippen MR) is 187 cm³/mol. The number of fused-ring (bicyclic) bond motifs is 6. The van der Waals surface area contributed by atoms with Crippen molar-refractivity contribution in [2.45, 2.75) is 56.8 Å². The fraction of sp³-hybridized carbons (Fsp3) is 0.500. The predicted octanol–water partition coefficient (Wildman–Crippen LogP) is 4.80. The number of β-amino-alcohol motifs (C(OH)–C–C–N with tert-alkyl or cyclic N) is 1. The second-order valence-corrected chi connectivity index (χ2v) is 14.7. The van der Waals surface area contributed by atoms with E-state index < -0.39 is 11.8 Å². The van der Waals surface area contributed by atoms with Gasteiger partial charge < -0.3 is 24.0 Å². The fourth-order valence-electron chi connectivity index (χ4n) is 8.93. The summed E-state index contributed by atoms with van der Waals surface area (Å²) in [6, 6.07) is 5.52. The van der Waals surface area contributed by atoms with Gasteiger partial charge in [0.2, 0.25) is 0 Å². The highest BCUT2D eigenvalue weighted by Gasteiger charge is 2.49. The third kappa shape index (κ3) is 4.71. The molecule has 3 aliphatic heterocycles. The smallest absolute Gasteiger partial charge is 0.320 e. The summed E-state index contributed by atoms with van der Waals surface area (Å²) in [6.07, 6.45) is 3.70. The number of rotatable bonds is 6. The lowest BCUT2D eigenvalue weighted by atomic mass is 9.92. The topological polar surface area (TPSA) is 122 Å². The van der Waals surface area contributed by atoms with Crippen molar-refractivity contribution < 1.29 is 23.4 Å². The summed E-state index contributed by atoms with van der Waals surface area (Å²) in [6.45, 7) is 6.65. The first-order valence-corrected chi connectivity index (χ1v) is 17.4. The molecule has 2 aromatic carbocycles. The highest BCUT2D eigenvalue weighted by Crippen LogP contribution is 2.45. The van der Waals surface area contributed by atoms with Crippen molar-refractivity contribution in [1.82, 2.24) is 39.4 Å². The van der Waals surface area contributed by atoms with Crippen LogP contribution < -0.4 is 9.64 Å². The van der Waals surface area contributed by atoms with Crippen LogP contribution in [0.15, 0.2) is 24.4 Å². The molecule has 6 aromatic rings. The Hall–Kier alpha value is -4.40. The van der Waals surface area contributed by atoms with E-state index in [0.717, 1.165) is 63.0 Å². The number of halogens is 2. The van der Waals surface area contributed by atoms with Crippen LogP contribution in [0.25, 0.3) is 55.0 Å². The van der Waals surface area contributed by atoms with E-state index in [1.807, 2.05) is 41.2 Å². The number of benzene rings is 2. The molecule has 0 amide bonds. The highest BCUT2D eigenvalue weighted by atomic mass is 19.1. The van der Waals surface area contributed by atoms with E-state index in [0.29, 0.717) is 55.3 Å². The molecule has 9 rings (SSSR count). The number of H-pyrrole nitrogens is 1. The van der Waals surface area contributed by atoms with E-state index in [2.05, 4.69) is 15.1 Å². The zero-order valence-corrected chi connectivity index (χ0v) is 28.8. The Morgan fingerprint density at radius 3 is 2.86 bits per heavy atom. The van der Waals surface area contributed by atoms with E-state index in [1.54, 1.807) is 19.2 Å². The molecule has 0 radical (unpaired) electrons. The highest BCUT2D eigenvalue weighted by molar-refractivity contribution is 6.20. The maximum absolute atomic E-state index is 15.4. The summed E-state index contributed by atoms with van der Waals surface area (Å²) in [7, 11) is 3.83. The Labute approximate surface area is 287 Å². The number of ether oxygens (including phenoxy) is 2. The molecule has 0 saturated carbocycles. The largest absolute Gasteiger partial charge is 0.461 e. The van der Waals surface area contributed by atoms with Crippen molar-refractivity contribution >= 4 is 49.6 Å². The van der Waals surface area contributed by atoms with Crippen molar-refractivity contribution in [2.24, 2.45) is 14.1 Å². The Balaban J connectivity index is 1.29. The van der Waals surface area contributed by atoms with Gasteiger partial charge in [-0.25, -0.2) is 8.78 Å². The number of nitrogens with one attached hydrogen (secondary N) is 1. The maximum Gasteiger partial charge on any atom is 0.320 e. The van der Waals surface area contributed by atoms with Crippen molar-refractivity contribution in [2.75, 3.05) is 50.9 Å². The summed E-state index contributed by atoms with van der Waals surface area (Å²) < 4.78 is 46.1. The molecule has 3 aliphatic rings. The molecule has 7 heterocycles. The summed E-state index contributed by atoms with van der Waals surface area (Å²) in [5.41, 5.74) is 3.62. The summed E-state index contributed by atoms with van der Waals surface area (Å²) in [5, 5.41) is 27.1. The van der Waals surface area contributed by atoms with E-state index in [1.165, 1.54) is 6.07 Å². The molecule has 50 heavy (non-hydrogen) atoms. The minimum absolute atomic E-state index is 0.194. The quantitative estimate of drug-likeness (QED) is 0.255. The van der Waals surface area contributed by atoms with Gasteiger partial charge in [-0.2, -0.15) is 20.2 Å². The van der Waals surface area contributed by atoms with Gasteiger partial charge >= 0.3 is 6.01 Å². The Bertz CT molecular complexity index is 2310. The van der Waals surface area contributed by atoms with Crippen molar-refractivity contribution in [3.05, 3.63) is 35.8 Å². The molecule has 3 fully saturated rings. The van der Waals surface area contributed by atoms with Gasteiger partial charge in [0.15, 0.2) is 5.65 Å². The van der Waals surface area contributed by atoms with Gasteiger partial charge in [-0.3, -0.25) is 14.7 Å². The number of nitrogens with zero attached hydrogens (tertiary/aromatic N) is 8. The molecule has 4 aromatic heterocycles. The van der Waals surface area contributed by atoms with Crippen LogP contribution in [-0.4, -0.2) is 108 Å². The van der Waals surface area contributed by atoms with Gasteiger partial charge in [0.1, 0.15) is 35.7 Å². The number of hydrogen-bond acceptors (Lipinski definition) is 9. The summed E-state index contributed by atoms with van der Waals surface area (Å²) in [4.78, 5) is 14.3. The van der Waals surface area contributed by atoms with Gasteiger partial charge in [0.05, 0.1) is 53.4 Å². The monoisotopic (exact) mass is 685 g/mol. The second-order valence-electron chi connectivity index (χ2n) is 14.7. The van der Waals surface area contributed by atoms with Crippen LogP contribution in [0, 0.1) is 5.82 Å². The second kappa shape index (κ2) is 11.3. The van der Waals surface area contributed by atoms with Gasteiger partial charge in [-0.05, 0) is 61.2 Å². The lowest BCUT2D eigenvalue weighted by Gasteiger charge is -2.31. The van der Waals surface area contributed by atoms with Crippen LogP contribution in [0.5, 0.6) is 6.01 Å². The molecule has 0 spiro atoms. The number of aliphatic hydroxyl groups is 1. The van der Waals surface area contributed by atoms with Crippen LogP contribution >= 0.6 is 0 Å². The zero-order chi connectivity index (χ0) is 34.5. The molecule has 2 N–H and O–H groups in total. The Morgan fingerprint density at radius 2 is 2.02 bits per heavy atom. The molecule has 14 heteroatoms. The van der Waals surface area contributed by atoms with Gasteiger partial charge in [-0.1, -0.05) is 13.0 Å². The number of aromatic nitrogens is 7. The molecule has 0 aliphatic carbocycles. The van der Waals surface area contributed by atoms with Crippen LogP contribution in [0.3, 0.4) is 0 Å². The molecule has 3 atom stereocenters. The normalized spacial score (nSPS) is 24.7. The van der Waals surface area contributed by atoms with Crippen molar-refractivity contribution in [3.63, 3.8) is 0 Å². The maximum atomic E-state index is 15.4. The van der Waals surface area contributed by atoms with Crippen molar-refractivity contribution in [3.8, 4) is 17.3 Å². The Morgan fingerprint density at radius 1 is 1.16 bits per heavy atom. The van der Waals surface area contributed by atoms with Crippen LogP contribution in [-0.2, 0) is 25.3 Å². The van der Waals surface area contributed by atoms with Gasteiger partial charge in [0.25, 0.3) is 0 Å². The standard InChI is InChI=1S/C36H41F2N9O3/c1-5-22-24(38)8-7-20-13-25-23(15-39-42-25)27(26(20)22)29-31-30(45(4)43-29)28-32(44(31)3)40-34(41-33(28)46-11-12-49-18-35(2,48)17-46)50-19-36-9-6-10-47(36)16-21(37)14-36/h7-8,13,15,21,48H,5-6,9-12,14,16-19H2,1-4H3,(H,39,42)/t21-,35+,36+/m1/s1. The number of aryl methyl sites for hydroxylation is 3.